The first-order valence-electron chi connectivity index (χ1n) is 13.2. The van der Waals surface area contributed by atoms with Crippen molar-refractivity contribution in [2.75, 3.05) is 0 Å². The number of unbranched alkanes of at least 4 members (excludes halogenated alkanes) is 10. The monoisotopic (exact) mass is 494 g/mol. The molecular weight excluding hydrogens is 452 g/mol. The summed E-state index contributed by atoms with van der Waals surface area (Å²) in [4.78, 5) is 0. The van der Waals surface area contributed by atoms with E-state index in [1.54, 1.807) is 11.1 Å². The Bertz CT molecular complexity index is 847. The van der Waals surface area contributed by atoms with Crippen LogP contribution in [0.5, 0.6) is 0 Å². The van der Waals surface area contributed by atoms with E-state index < -0.39 is 0 Å². The number of halogens is 1. The first-order chi connectivity index (χ1) is 15.7. The van der Waals surface area contributed by atoms with Crippen molar-refractivity contribution in [3.63, 3.8) is 0 Å². The number of fused-ring (bicyclic) bond motifs is 3. The molecule has 0 amide bonds. The molecule has 0 saturated carbocycles. The first kappa shape index (κ1) is 25.3. The van der Waals surface area contributed by atoms with E-state index in [1.807, 2.05) is 6.08 Å². The molecule has 0 N–H and O–H groups in total. The molecule has 2 aromatic rings. The highest BCUT2D eigenvalue weighted by atomic mass is 79.9. The number of hydrogen-bond acceptors (Lipinski definition) is 0. The zero-order valence-electron chi connectivity index (χ0n) is 20.5. The molecule has 0 atom stereocenters. The molecule has 2 aromatic carbocycles. The third kappa shape index (κ3) is 5.96. The maximum Gasteiger partial charge on any atom is 0.0215 e. The maximum absolute atomic E-state index is 4.07. The highest BCUT2D eigenvalue weighted by molar-refractivity contribution is 9.10. The Hall–Kier alpha value is -1.34. The van der Waals surface area contributed by atoms with Crippen molar-refractivity contribution in [2.45, 2.75) is 109 Å². The van der Waals surface area contributed by atoms with Crippen molar-refractivity contribution in [1.29, 1.82) is 0 Å². The molecule has 3 rings (SSSR count). The summed E-state index contributed by atoms with van der Waals surface area (Å²) < 4.78 is 1.21. The predicted octanol–water partition coefficient (Wildman–Crippen LogP) is 10.9. The van der Waals surface area contributed by atoms with E-state index >= 15 is 0 Å². The third-order valence-corrected chi connectivity index (χ3v) is 7.99. The van der Waals surface area contributed by atoms with Gasteiger partial charge in [0.05, 0.1) is 0 Å². The average Bonchev–Trinajstić information content (AvgIpc) is 3.07. The standard InChI is InChI=1S/C31H43Br/c1-4-7-9-11-13-15-21-31(22-16-14-12-10-8-5-2)29-23-25(6-3)17-19-27(29)28-20-18-26(32)24-30(28)31/h6,17-20,23-24H,3-5,7-16,21-22H2,1-2H3. The van der Waals surface area contributed by atoms with Crippen molar-refractivity contribution in [2.24, 2.45) is 0 Å². The van der Waals surface area contributed by atoms with Gasteiger partial charge in [-0.2, -0.15) is 0 Å². The Kier molecular flexibility index (Phi) is 10.1. The van der Waals surface area contributed by atoms with Crippen LogP contribution in [0.2, 0.25) is 0 Å². The Balaban J connectivity index is 1.89. The molecule has 32 heavy (non-hydrogen) atoms. The average molecular weight is 496 g/mol. The molecule has 0 unspecified atom stereocenters. The molecule has 174 valence electrons. The van der Waals surface area contributed by atoms with E-state index in [0.717, 1.165) is 0 Å². The summed E-state index contributed by atoms with van der Waals surface area (Å²) in [5, 5.41) is 0. The van der Waals surface area contributed by atoms with E-state index in [0.29, 0.717) is 0 Å². The van der Waals surface area contributed by atoms with Crippen molar-refractivity contribution < 1.29 is 0 Å². The van der Waals surface area contributed by atoms with Gasteiger partial charge in [0.1, 0.15) is 0 Å². The minimum absolute atomic E-state index is 0.156. The van der Waals surface area contributed by atoms with Crippen LogP contribution in [0.4, 0.5) is 0 Å². The number of hydrogen-bond donors (Lipinski definition) is 0. The van der Waals surface area contributed by atoms with Crippen LogP contribution in [0, 0.1) is 0 Å². The largest absolute Gasteiger partial charge is 0.0985 e. The summed E-state index contributed by atoms with van der Waals surface area (Å²) in [6, 6.07) is 14.0. The number of benzene rings is 2. The second-order valence-electron chi connectivity index (χ2n) is 9.82. The summed E-state index contributed by atoms with van der Waals surface area (Å²) in [7, 11) is 0. The van der Waals surface area contributed by atoms with Gasteiger partial charge >= 0.3 is 0 Å². The SMILES string of the molecule is C=Cc1ccc2c(c1)C(CCCCCCCC)(CCCCCCCC)c1cc(Br)ccc1-2. The quantitative estimate of drug-likeness (QED) is 0.216. The lowest BCUT2D eigenvalue weighted by Gasteiger charge is -2.33. The van der Waals surface area contributed by atoms with E-state index in [1.165, 1.54) is 111 Å². The highest BCUT2D eigenvalue weighted by Crippen LogP contribution is 2.55. The second-order valence-corrected chi connectivity index (χ2v) is 10.7. The molecule has 0 aliphatic heterocycles. The lowest BCUT2D eigenvalue weighted by molar-refractivity contribution is 0.397. The van der Waals surface area contributed by atoms with Gasteiger partial charge in [0.15, 0.2) is 0 Å². The number of rotatable bonds is 15. The first-order valence-corrected chi connectivity index (χ1v) is 14.0. The van der Waals surface area contributed by atoms with Crippen LogP contribution in [0.3, 0.4) is 0 Å². The molecule has 1 aliphatic rings. The smallest absolute Gasteiger partial charge is 0.0215 e. The van der Waals surface area contributed by atoms with Crippen LogP contribution >= 0.6 is 15.9 Å². The van der Waals surface area contributed by atoms with Gasteiger partial charge in [-0.05, 0) is 52.8 Å². The molecule has 0 spiro atoms. The van der Waals surface area contributed by atoms with Crippen molar-refractivity contribution in [3.05, 3.63) is 64.1 Å². The molecule has 0 bridgehead atoms. The fraction of sp³-hybridized carbons (Fsp3) is 0.548. The molecule has 0 fully saturated rings. The minimum Gasteiger partial charge on any atom is -0.0985 e. The molecule has 0 radical (unpaired) electrons. The van der Waals surface area contributed by atoms with E-state index in [2.05, 4.69) is 72.8 Å². The van der Waals surface area contributed by atoms with E-state index in [4.69, 9.17) is 0 Å². The normalized spacial score (nSPS) is 13.7. The topological polar surface area (TPSA) is 0 Å². The van der Waals surface area contributed by atoms with E-state index in [9.17, 15) is 0 Å². The van der Waals surface area contributed by atoms with Crippen LogP contribution in [-0.4, -0.2) is 0 Å². The molecule has 0 aromatic heterocycles. The van der Waals surface area contributed by atoms with Crippen molar-refractivity contribution in [1.82, 2.24) is 0 Å². The fourth-order valence-corrected chi connectivity index (χ4v) is 6.05. The molecule has 0 heterocycles. The zero-order valence-corrected chi connectivity index (χ0v) is 22.1. The van der Waals surface area contributed by atoms with Gasteiger partial charge in [0.2, 0.25) is 0 Å². The molecule has 1 heteroatoms. The van der Waals surface area contributed by atoms with Crippen LogP contribution in [0.15, 0.2) is 47.4 Å². The van der Waals surface area contributed by atoms with Crippen LogP contribution in [0.25, 0.3) is 17.2 Å². The van der Waals surface area contributed by atoms with Crippen LogP contribution in [0.1, 0.15) is 120 Å². The Labute approximate surface area is 206 Å². The lowest BCUT2D eigenvalue weighted by atomic mass is 9.70. The highest BCUT2D eigenvalue weighted by Gasteiger charge is 2.42. The molecule has 1 aliphatic carbocycles. The molecule has 0 saturated heterocycles. The predicted molar refractivity (Wildman–Crippen MR) is 146 cm³/mol. The van der Waals surface area contributed by atoms with Gasteiger partial charge in [-0.3, -0.25) is 0 Å². The third-order valence-electron chi connectivity index (χ3n) is 7.50. The Morgan fingerprint density at radius 3 is 1.75 bits per heavy atom. The van der Waals surface area contributed by atoms with Crippen molar-refractivity contribution >= 4 is 22.0 Å². The van der Waals surface area contributed by atoms with Crippen molar-refractivity contribution in [3.8, 4) is 11.1 Å². The van der Waals surface area contributed by atoms with Crippen LogP contribution < -0.4 is 0 Å². The summed E-state index contributed by atoms with van der Waals surface area (Å²) in [5.74, 6) is 0. The van der Waals surface area contributed by atoms with Gasteiger partial charge in [-0.25, -0.2) is 0 Å². The minimum atomic E-state index is 0.156. The van der Waals surface area contributed by atoms with Gasteiger partial charge in [-0.1, -0.05) is 144 Å². The fourth-order valence-electron chi connectivity index (χ4n) is 5.69. The summed E-state index contributed by atoms with van der Waals surface area (Å²) in [5.41, 5.74) is 7.44. The Morgan fingerprint density at radius 1 is 0.688 bits per heavy atom. The second kappa shape index (κ2) is 12.8. The summed E-state index contributed by atoms with van der Waals surface area (Å²) in [6.07, 6.45) is 20.9. The van der Waals surface area contributed by atoms with Gasteiger partial charge < -0.3 is 0 Å². The maximum atomic E-state index is 4.07. The zero-order chi connectivity index (χ0) is 22.8. The van der Waals surface area contributed by atoms with E-state index in [-0.39, 0.29) is 5.41 Å². The van der Waals surface area contributed by atoms with Gasteiger partial charge in [0.25, 0.3) is 0 Å². The van der Waals surface area contributed by atoms with Gasteiger partial charge in [0, 0.05) is 9.89 Å². The Morgan fingerprint density at radius 2 is 1.19 bits per heavy atom. The van der Waals surface area contributed by atoms with Gasteiger partial charge in [-0.15, -0.1) is 0 Å². The summed E-state index contributed by atoms with van der Waals surface area (Å²) >= 11 is 3.79. The van der Waals surface area contributed by atoms with Crippen LogP contribution in [-0.2, 0) is 5.41 Å². The molecular formula is C31H43Br. The summed E-state index contributed by atoms with van der Waals surface area (Å²) in [6.45, 7) is 8.67. The molecule has 0 nitrogen and oxygen atoms in total. The lowest BCUT2D eigenvalue weighted by Crippen LogP contribution is -2.25.